The van der Waals surface area contributed by atoms with Gasteiger partial charge in [-0.1, -0.05) is 6.07 Å². The second kappa shape index (κ2) is 4.72. The first-order chi connectivity index (χ1) is 9.56. The third-order valence-electron chi connectivity index (χ3n) is 3.43. The molecule has 3 nitrogen and oxygen atoms in total. The van der Waals surface area contributed by atoms with Gasteiger partial charge in [-0.25, -0.2) is 4.39 Å². The highest BCUT2D eigenvalue weighted by atomic mass is 19.1. The molecule has 0 fully saturated rings. The zero-order valence-electron chi connectivity index (χ0n) is 11.2. The molecule has 20 heavy (non-hydrogen) atoms. The maximum atomic E-state index is 13.3. The quantitative estimate of drug-likeness (QED) is 0.773. The number of hydrogen-bond acceptors (Lipinski definition) is 3. The Morgan fingerprint density at radius 3 is 2.70 bits per heavy atom. The first kappa shape index (κ1) is 12.8. The molecule has 0 aliphatic heterocycles. The number of rotatable bonds is 2. The molecule has 102 valence electrons. The number of nitrogens with zero attached hydrogens (tertiary/aromatic N) is 1. The Kier molecular flexibility index (Phi) is 3.03. The fourth-order valence-corrected chi connectivity index (χ4v) is 2.27. The van der Waals surface area contributed by atoms with E-state index >= 15 is 0 Å². The Labute approximate surface area is 115 Å². The smallest absolute Gasteiger partial charge is 0.141 e. The number of fused-ring (bicyclic) bond motifs is 1. The van der Waals surface area contributed by atoms with Gasteiger partial charge in [0.05, 0.1) is 0 Å². The maximum Gasteiger partial charge on any atom is 0.141 e. The highest BCUT2D eigenvalue weighted by Crippen LogP contribution is 2.32. The minimum atomic E-state index is -0.904. The third kappa shape index (κ3) is 2.08. The molecule has 1 N–H and O–H groups in total. The summed E-state index contributed by atoms with van der Waals surface area (Å²) in [4.78, 5) is 4.16. The van der Waals surface area contributed by atoms with Crippen molar-refractivity contribution in [1.82, 2.24) is 4.98 Å². The van der Waals surface area contributed by atoms with Gasteiger partial charge in [-0.3, -0.25) is 4.98 Å². The Bertz CT molecular complexity index is 762. The SMILES string of the molecule is Cc1ccc(C(O)c2oc3ccc(F)cc3c2C)cn1. The largest absolute Gasteiger partial charge is 0.458 e. The van der Waals surface area contributed by atoms with Gasteiger partial charge in [-0.05, 0) is 38.1 Å². The molecule has 1 atom stereocenters. The molecule has 0 spiro atoms. The van der Waals surface area contributed by atoms with Crippen LogP contribution in [-0.4, -0.2) is 10.1 Å². The first-order valence-corrected chi connectivity index (χ1v) is 6.35. The second-order valence-corrected chi connectivity index (χ2v) is 4.87. The molecular weight excluding hydrogens is 257 g/mol. The zero-order valence-corrected chi connectivity index (χ0v) is 11.2. The van der Waals surface area contributed by atoms with Crippen molar-refractivity contribution in [2.75, 3.05) is 0 Å². The minimum Gasteiger partial charge on any atom is -0.458 e. The Morgan fingerprint density at radius 2 is 2.00 bits per heavy atom. The molecule has 1 aromatic carbocycles. The fourth-order valence-electron chi connectivity index (χ4n) is 2.27. The summed E-state index contributed by atoms with van der Waals surface area (Å²) in [5, 5.41) is 11.1. The average molecular weight is 271 g/mol. The zero-order chi connectivity index (χ0) is 14.3. The number of halogens is 1. The van der Waals surface area contributed by atoms with Crippen LogP contribution in [0.1, 0.15) is 28.7 Å². The Hall–Kier alpha value is -2.20. The van der Waals surface area contributed by atoms with Crippen LogP contribution in [0.25, 0.3) is 11.0 Å². The summed E-state index contributed by atoms with van der Waals surface area (Å²) in [6.07, 6.45) is 0.714. The van der Waals surface area contributed by atoms with Crippen LogP contribution < -0.4 is 0 Å². The molecule has 0 aliphatic carbocycles. The number of furan rings is 1. The molecule has 2 heterocycles. The molecule has 3 aromatic rings. The summed E-state index contributed by atoms with van der Waals surface area (Å²) in [7, 11) is 0. The van der Waals surface area contributed by atoms with Crippen molar-refractivity contribution >= 4 is 11.0 Å². The van der Waals surface area contributed by atoms with Crippen LogP contribution in [0.3, 0.4) is 0 Å². The number of aliphatic hydroxyl groups excluding tert-OH is 1. The molecule has 4 heteroatoms. The van der Waals surface area contributed by atoms with Crippen LogP contribution in [0.15, 0.2) is 40.9 Å². The number of pyridine rings is 1. The summed E-state index contributed by atoms with van der Waals surface area (Å²) in [5.74, 6) is 0.107. The van der Waals surface area contributed by atoms with Gasteiger partial charge in [0.15, 0.2) is 0 Å². The molecule has 3 rings (SSSR count). The molecule has 1 unspecified atom stereocenters. The van der Waals surface area contributed by atoms with Crippen LogP contribution in [0.4, 0.5) is 4.39 Å². The van der Waals surface area contributed by atoms with Gasteiger partial charge in [0.25, 0.3) is 0 Å². The Morgan fingerprint density at radius 1 is 1.20 bits per heavy atom. The lowest BCUT2D eigenvalue weighted by Crippen LogP contribution is -2.00. The highest BCUT2D eigenvalue weighted by Gasteiger charge is 2.20. The van der Waals surface area contributed by atoms with E-state index < -0.39 is 6.10 Å². The summed E-state index contributed by atoms with van der Waals surface area (Å²) < 4.78 is 18.9. The van der Waals surface area contributed by atoms with Gasteiger partial charge in [-0.15, -0.1) is 0 Å². The molecule has 0 saturated heterocycles. The van der Waals surface area contributed by atoms with Crippen molar-refractivity contribution in [3.05, 3.63) is 64.9 Å². The first-order valence-electron chi connectivity index (χ1n) is 6.35. The number of aromatic nitrogens is 1. The van der Waals surface area contributed by atoms with Crippen molar-refractivity contribution in [3.8, 4) is 0 Å². The summed E-state index contributed by atoms with van der Waals surface area (Å²) >= 11 is 0. The van der Waals surface area contributed by atoms with Crippen molar-refractivity contribution in [2.24, 2.45) is 0 Å². The van der Waals surface area contributed by atoms with Gasteiger partial charge in [0.1, 0.15) is 23.3 Å². The summed E-state index contributed by atoms with van der Waals surface area (Å²) in [6.45, 7) is 3.69. The van der Waals surface area contributed by atoms with E-state index in [9.17, 15) is 9.50 Å². The second-order valence-electron chi connectivity index (χ2n) is 4.87. The van der Waals surface area contributed by atoms with Crippen LogP contribution in [0, 0.1) is 19.7 Å². The lowest BCUT2D eigenvalue weighted by atomic mass is 10.0. The van der Waals surface area contributed by atoms with Gasteiger partial charge in [0, 0.05) is 28.4 Å². The maximum absolute atomic E-state index is 13.3. The predicted octanol–water partition coefficient (Wildman–Crippen LogP) is 3.67. The van der Waals surface area contributed by atoms with Gasteiger partial charge >= 0.3 is 0 Å². The molecule has 0 saturated carbocycles. The monoisotopic (exact) mass is 271 g/mol. The standard InChI is InChI=1S/C16H14FNO2/c1-9-3-4-11(8-18-9)15(19)16-10(2)13-7-12(17)5-6-14(13)20-16/h3-8,15,19H,1-2H3. The number of aryl methyl sites for hydroxylation is 2. The van der Waals surface area contributed by atoms with E-state index in [1.54, 1.807) is 18.3 Å². The van der Waals surface area contributed by atoms with Crippen molar-refractivity contribution < 1.29 is 13.9 Å². The van der Waals surface area contributed by atoms with Gasteiger partial charge in [-0.2, -0.15) is 0 Å². The van der Waals surface area contributed by atoms with E-state index in [1.807, 2.05) is 19.9 Å². The predicted molar refractivity (Wildman–Crippen MR) is 73.9 cm³/mol. The average Bonchev–Trinajstić information content (AvgIpc) is 2.76. The van der Waals surface area contributed by atoms with Crippen molar-refractivity contribution in [3.63, 3.8) is 0 Å². The van der Waals surface area contributed by atoms with E-state index in [1.165, 1.54) is 12.1 Å². The minimum absolute atomic E-state index is 0.320. The van der Waals surface area contributed by atoms with Crippen LogP contribution >= 0.6 is 0 Å². The summed E-state index contributed by atoms with van der Waals surface area (Å²) in [5.41, 5.74) is 2.84. The van der Waals surface area contributed by atoms with Crippen molar-refractivity contribution in [2.45, 2.75) is 20.0 Å². The highest BCUT2D eigenvalue weighted by molar-refractivity contribution is 5.82. The number of aliphatic hydroxyl groups is 1. The van der Waals surface area contributed by atoms with Crippen molar-refractivity contribution in [1.29, 1.82) is 0 Å². The lowest BCUT2D eigenvalue weighted by molar-refractivity contribution is 0.191. The third-order valence-corrected chi connectivity index (χ3v) is 3.43. The van der Waals surface area contributed by atoms with E-state index in [-0.39, 0.29) is 5.82 Å². The normalized spacial score (nSPS) is 12.8. The molecule has 0 bridgehead atoms. The number of hydrogen-bond donors (Lipinski definition) is 1. The van der Waals surface area contributed by atoms with E-state index in [2.05, 4.69) is 4.98 Å². The van der Waals surface area contributed by atoms with Crippen LogP contribution in [0.5, 0.6) is 0 Å². The molecule has 0 radical (unpaired) electrons. The summed E-state index contributed by atoms with van der Waals surface area (Å²) in [6, 6.07) is 7.96. The van der Waals surface area contributed by atoms with Crippen LogP contribution in [0.2, 0.25) is 0 Å². The van der Waals surface area contributed by atoms with Gasteiger partial charge in [0.2, 0.25) is 0 Å². The molecular formula is C16H14FNO2. The van der Waals surface area contributed by atoms with E-state index in [0.717, 1.165) is 11.3 Å². The molecule has 2 aromatic heterocycles. The van der Waals surface area contributed by atoms with E-state index in [4.69, 9.17) is 4.42 Å². The van der Waals surface area contributed by atoms with Crippen LogP contribution in [-0.2, 0) is 0 Å². The fraction of sp³-hybridized carbons (Fsp3) is 0.188. The topological polar surface area (TPSA) is 46.3 Å². The molecule has 0 amide bonds. The molecule has 0 aliphatic rings. The Balaban J connectivity index is 2.09. The lowest BCUT2D eigenvalue weighted by Gasteiger charge is -2.09. The van der Waals surface area contributed by atoms with E-state index in [0.29, 0.717) is 22.3 Å². The number of benzene rings is 1. The van der Waals surface area contributed by atoms with Gasteiger partial charge < -0.3 is 9.52 Å².